The van der Waals surface area contributed by atoms with E-state index in [2.05, 4.69) is 74.7 Å². The van der Waals surface area contributed by atoms with Crippen molar-refractivity contribution in [3.8, 4) is 11.5 Å². The fourth-order valence-corrected chi connectivity index (χ4v) is 5.27. The summed E-state index contributed by atoms with van der Waals surface area (Å²) in [7, 11) is 0. The van der Waals surface area contributed by atoms with Gasteiger partial charge in [0.1, 0.15) is 5.75 Å². The second-order valence-corrected chi connectivity index (χ2v) is 7.10. The van der Waals surface area contributed by atoms with Crippen LogP contribution in [0.3, 0.4) is 0 Å². The molecular weight excluding hydrogens is 589 g/mol. The molecule has 0 fully saturated rings. The van der Waals surface area contributed by atoms with E-state index in [0.29, 0.717) is 12.4 Å². The van der Waals surface area contributed by atoms with Crippen LogP contribution >= 0.6 is 67.8 Å². The highest BCUT2D eigenvalue weighted by Gasteiger charge is 2.17. The molecule has 0 unspecified atom stereocenters. The number of carbonyl (C=O) groups is 1. The molecule has 0 heterocycles. The summed E-state index contributed by atoms with van der Waals surface area (Å²) in [6.07, 6.45) is 2.06. The van der Waals surface area contributed by atoms with Crippen molar-refractivity contribution in [2.24, 2.45) is 0 Å². The van der Waals surface area contributed by atoms with Gasteiger partial charge in [-0.2, -0.15) is 0 Å². The van der Waals surface area contributed by atoms with Gasteiger partial charge < -0.3 is 14.6 Å². The van der Waals surface area contributed by atoms with Crippen LogP contribution in [0.4, 0.5) is 0 Å². The first kappa shape index (κ1) is 17.5. The number of hydrogen-bond donors (Lipinski definition) is 1. The highest BCUT2D eigenvalue weighted by Crippen LogP contribution is 2.38. The van der Waals surface area contributed by atoms with Crippen molar-refractivity contribution in [3.05, 3.63) is 16.8 Å². The van der Waals surface area contributed by atoms with Gasteiger partial charge in [-0.25, -0.2) is 4.79 Å². The Labute approximate surface area is 153 Å². The van der Waals surface area contributed by atoms with E-state index in [1.165, 1.54) is 0 Å². The van der Waals surface area contributed by atoms with E-state index in [1.54, 1.807) is 0 Å². The Balaban J connectivity index is 2.97. The maximum Gasteiger partial charge on any atom is 0.341 e. The number of halogens is 3. The zero-order chi connectivity index (χ0) is 14.4. The number of ether oxygens (including phenoxy) is 2. The van der Waals surface area contributed by atoms with Gasteiger partial charge in [0.05, 0.1) is 17.3 Å². The molecule has 19 heavy (non-hydrogen) atoms. The van der Waals surface area contributed by atoms with E-state index in [1.807, 2.05) is 6.07 Å². The quantitative estimate of drug-likeness (QED) is 0.377. The fraction of sp³-hybridized carbons (Fsp3) is 0.417. The van der Waals surface area contributed by atoms with Gasteiger partial charge in [0.15, 0.2) is 12.4 Å². The van der Waals surface area contributed by atoms with Gasteiger partial charge in [-0.3, -0.25) is 0 Å². The third-order valence-electron chi connectivity index (χ3n) is 2.17. The van der Waals surface area contributed by atoms with Crippen molar-refractivity contribution in [1.29, 1.82) is 0 Å². The Bertz CT molecular complexity index is 463. The fourth-order valence-electron chi connectivity index (χ4n) is 1.27. The third kappa shape index (κ3) is 5.40. The minimum Gasteiger partial charge on any atom is -0.491 e. The zero-order valence-electron chi connectivity index (χ0n) is 10.2. The number of unbranched alkanes of at least 4 members (excludes halogenated alkanes) is 1. The van der Waals surface area contributed by atoms with Crippen LogP contribution < -0.4 is 9.47 Å². The predicted octanol–water partition coefficient (Wildman–Crippen LogP) is 4.14. The lowest BCUT2D eigenvalue weighted by Gasteiger charge is -2.15. The van der Waals surface area contributed by atoms with Crippen molar-refractivity contribution < 1.29 is 19.4 Å². The van der Waals surface area contributed by atoms with E-state index in [0.717, 1.165) is 29.3 Å². The van der Waals surface area contributed by atoms with Crippen molar-refractivity contribution in [2.75, 3.05) is 13.2 Å². The van der Waals surface area contributed by atoms with Crippen LogP contribution in [0.5, 0.6) is 11.5 Å². The molecule has 0 atom stereocenters. The molecule has 1 N–H and O–H groups in total. The van der Waals surface area contributed by atoms with Crippen LogP contribution in [0.15, 0.2) is 6.07 Å². The van der Waals surface area contributed by atoms with Crippen molar-refractivity contribution in [1.82, 2.24) is 0 Å². The molecule has 0 amide bonds. The topological polar surface area (TPSA) is 55.8 Å². The summed E-state index contributed by atoms with van der Waals surface area (Å²) in [5.41, 5.74) is 0. The Morgan fingerprint density at radius 3 is 2.32 bits per heavy atom. The Morgan fingerprint density at radius 2 is 1.79 bits per heavy atom. The number of carboxylic acid groups (broad SMARTS) is 1. The molecule has 0 aliphatic carbocycles. The van der Waals surface area contributed by atoms with Crippen LogP contribution in [0, 0.1) is 10.7 Å². The Morgan fingerprint density at radius 1 is 1.21 bits per heavy atom. The molecule has 0 aromatic heterocycles. The van der Waals surface area contributed by atoms with Crippen LogP contribution in [0.1, 0.15) is 19.8 Å². The Hall–Kier alpha value is 0.480. The van der Waals surface area contributed by atoms with Gasteiger partial charge in [-0.1, -0.05) is 13.3 Å². The highest BCUT2D eigenvalue weighted by molar-refractivity contribution is 14.1. The summed E-state index contributed by atoms with van der Waals surface area (Å²) in [5, 5.41) is 8.69. The summed E-state index contributed by atoms with van der Waals surface area (Å²) >= 11 is 6.49. The number of carboxylic acids is 1. The molecule has 4 nitrogen and oxygen atoms in total. The maximum atomic E-state index is 10.6. The molecule has 1 rings (SSSR count). The molecule has 7 heteroatoms. The first-order chi connectivity index (χ1) is 8.97. The summed E-state index contributed by atoms with van der Waals surface area (Å²) in [5.74, 6) is 0.365. The Kier molecular flexibility index (Phi) is 8.03. The SMILES string of the molecule is CCCCOc1c(I)cc(I)c(OCC(=O)O)c1I. The van der Waals surface area contributed by atoms with Crippen molar-refractivity contribution >= 4 is 73.7 Å². The first-order valence-electron chi connectivity index (χ1n) is 5.62. The molecule has 0 bridgehead atoms. The predicted molar refractivity (Wildman–Crippen MR) is 98.1 cm³/mol. The highest BCUT2D eigenvalue weighted by atomic mass is 127. The summed E-state index contributed by atoms with van der Waals surface area (Å²) in [6, 6.07) is 1.93. The van der Waals surface area contributed by atoms with E-state index in [9.17, 15) is 4.79 Å². The zero-order valence-corrected chi connectivity index (χ0v) is 16.7. The van der Waals surface area contributed by atoms with Gasteiger partial charge in [0.2, 0.25) is 0 Å². The largest absolute Gasteiger partial charge is 0.491 e. The molecule has 0 saturated carbocycles. The number of aliphatic carboxylic acids is 1. The molecule has 0 radical (unpaired) electrons. The molecule has 0 saturated heterocycles. The van der Waals surface area contributed by atoms with Crippen LogP contribution in [0.2, 0.25) is 0 Å². The smallest absolute Gasteiger partial charge is 0.341 e. The van der Waals surface area contributed by atoms with Gasteiger partial charge in [0.25, 0.3) is 0 Å². The van der Waals surface area contributed by atoms with Crippen molar-refractivity contribution in [3.63, 3.8) is 0 Å². The monoisotopic (exact) mass is 602 g/mol. The molecule has 0 aliphatic heterocycles. The third-order valence-corrected chi connectivity index (χ3v) is 4.75. The van der Waals surface area contributed by atoms with Gasteiger partial charge in [-0.15, -0.1) is 0 Å². The van der Waals surface area contributed by atoms with Crippen LogP contribution in [-0.4, -0.2) is 24.3 Å². The maximum absolute atomic E-state index is 10.6. The molecule has 106 valence electrons. The van der Waals surface area contributed by atoms with E-state index < -0.39 is 5.97 Å². The number of rotatable bonds is 7. The summed E-state index contributed by atoms with van der Waals surface area (Å²) < 4.78 is 13.8. The molecule has 1 aromatic rings. The normalized spacial score (nSPS) is 10.3. The van der Waals surface area contributed by atoms with Gasteiger partial charge in [0, 0.05) is 0 Å². The van der Waals surface area contributed by atoms with Crippen LogP contribution in [-0.2, 0) is 4.79 Å². The van der Waals surface area contributed by atoms with E-state index in [-0.39, 0.29) is 6.61 Å². The molecular formula is C12H13I3O4. The van der Waals surface area contributed by atoms with Crippen LogP contribution in [0.25, 0.3) is 0 Å². The standard InChI is InChI=1S/C12H13I3O4/c1-2-3-4-18-11-7(13)5-8(14)12(10(11)15)19-6-9(16)17/h5H,2-4,6H2,1H3,(H,16,17). The lowest BCUT2D eigenvalue weighted by Crippen LogP contribution is -2.12. The van der Waals surface area contributed by atoms with Gasteiger partial charge in [-0.05, 0) is 80.3 Å². The number of benzene rings is 1. The first-order valence-corrected chi connectivity index (χ1v) is 8.85. The second kappa shape index (κ2) is 8.70. The molecule has 1 aromatic carbocycles. The molecule has 0 aliphatic rings. The minimum atomic E-state index is -0.987. The van der Waals surface area contributed by atoms with Gasteiger partial charge >= 0.3 is 5.97 Å². The molecule has 0 spiro atoms. The summed E-state index contributed by atoms with van der Waals surface area (Å²) in [4.78, 5) is 10.6. The number of hydrogen-bond acceptors (Lipinski definition) is 3. The average Bonchev–Trinajstić information content (AvgIpc) is 2.32. The minimum absolute atomic E-state index is 0.346. The lowest BCUT2D eigenvalue weighted by molar-refractivity contribution is -0.139. The van der Waals surface area contributed by atoms with E-state index >= 15 is 0 Å². The van der Waals surface area contributed by atoms with E-state index in [4.69, 9.17) is 14.6 Å². The second-order valence-electron chi connectivity index (χ2n) is 3.70. The van der Waals surface area contributed by atoms with Crippen molar-refractivity contribution in [2.45, 2.75) is 19.8 Å². The lowest BCUT2D eigenvalue weighted by atomic mass is 10.3. The average molecular weight is 602 g/mol. The summed E-state index contributed by atoms with van der Waals surface area (Å²) in [6.45, 7) is 2.41.